The molecule has 1 N–H and O–H groups in total. The standard InChI is InChI=1S/C22H22ClNO3/c1-25-19-12-10-18(11-13-19)24-14-16-7-5-9-21(26-2)22(16)27-15-17-6-3-4-8-20(17)23/h3-13,24H,14-15H2,1-2H3. The van der Waals surface area contributed by atoms with Gasteiger partial charge in [0.2, 0.25) is 0 Å². The lowest BCUT2D eigenvalue weighted by molar-refractivity contribution is 0.282. The Balaban J connectivity index is 1.75. The van der Waals surface area contributed by atoms with E-state index in [1.54, 1.807) is 14.2 Å². The van der Waals surface area contributed by atoms with Gasteiger partial charge in [-0.25, -0.2) is 0 Å². The lowest BCUT2D eigenvalue weighted by Gasteiger charge is -2.16. The van der Waals surface area contributed by atoms with E-state index in [0.29, 0.717) is 29.7 Å². The SMILES string of the molecule is COc1ccc(NCc2cccc(OC)c2OCc2ccccc2Cl)cc1. The summed E-state index contributed by atoms with van der Waals surface area (Å²) in [7, 11) is 3.29. The van der Waals surface area contributed by atoms with Gasteiger partial charge < -0.3 is 19.5 Å². The molecule has 0 radical (unpaired) electrons. The van der Waals surface area contributed by atoms with E-state index in [4.69, 9.17) is 25.8 Å². The van der Waals surface area contributed by atoms with E-state index in [1.807, 2.05) is 66.7 Å². The Bertz CT molecular complexity index is 881. The molecule has 0 aliphatic carbocycles. The molecular formula is C22H22ClNO3. The highest BCUT2D eigenvalue weighted by molar-refractivity contribution is 6.31. The molecule has 0 aromatic heterocycles. The number of anilines is 1. The second-order valence-corrected chi connectivity index (χ2v) is 6.32. The van der Waals surface area contributed by atoms with Crippen molar-refractivity contribution in [3.63, 3.8) is 0 Å². The predicted octanol–water partition coefficient (Wildman–Crippen LogP) is 5.55. The molecule has 0 heterocycles. The van der Waals surface area contributed by atoms with Crippen molar-refractivity contribution in [2.45, 2.75) is 13.2 Å². The first-order valence-electron chi connectivity index (χ1n) is 8.61. The number of hydrogen-bond donors (Lipinski definition) is 1. The van der Waals surface area contributed by atoms with Crippen molar-refractivity contribution >= 4 is 17.3 Å². The minimum absolute atomic E-state index is 0.371. The van der Waals surface area contributed by atoms with Crippen LogP contribution in [0.3, 0.4) is 0 Å². The smallest absolute Gasteiger partial charge is 0.166 e. The van der Waals surface area contributed by atoms with Gasteiger partial charge in [-0.15, -0.1) is 0 Å². The van der Waals surface area contributed by atoms with Crippen LogP contribution in [0.1, 0.15) is 11.1 Å². The normalized spacial score (nSPS) is 10.3. The molecule has 0 unspecified atom stereocenters. The van der Waals surface area contributed by atoms with E-state index < -0.39 is 0 Å². The maximum absolute atomic E-state index is 6.24. The topological polar surface area (TPSA) is 39.7 Å². The van der Waals surface area contributed by atoms with Crippen LogP contribution in [0.5, 0.6) is 17.2 Å². The van der Waals surface area contributed by atoms with Crippen LogP contribution >= 0.6 is 11.6 Å². The predicted molar refractivity (Wildman–Crippen MR) is 109 cm³/mol. The minimum atomic E-state index is 0.371. The van der Waals surface area contributed by atoms with Crippen LogP contribution in [0.25, 0.3) is 0 Å². The van der Waals surface area contributed by atoms with Crippen molar-refractivity contribution in [3.05, 3.63) is 82.9 Å². The monoisotopic (exact) mass is 383 g/mol. The Morgan fingerprint density at radius 2 is 1.56 bits per heavy atom. The summed E-state index contributed by atoms with van der Waals surface area (Å²) in [6, 6.07) is 21.3. The zero-order valence-electron chi connectivity index (χ0n) is 15.4. The molecule has 140 valence electrons. The molecule has 27 heavy (non-hydrogen) atoms. The molecule has 0 aliphatic rings. The van der Waals surface area contributed by atoms with E-state index in [9.17, 15) is 0 Å². The van der Waals surface area contributed by atoms with Gasteiger partial charge in [-0.2, -0.15) is 0 Å². The molecule has 0 fully saturated rings. The van der Waals surface area contributed by atoms with Crippen molar-refractivity contribution in [1.82, 2.24) is 0 Å². The lowest BCUT2D eigenvalue weighted by Crippen LogP contribution is -2.05. The van der Waals surface area contributed by atoms with Crippen LogP contribution in [0.2, 0.25) is 5.02 Å². The molecule has 0 spiro atoms. The molecule has 0 bridgehead atoms. The highest BCUT2D eigenvalue weighted by Crippen LogP contribution is 2.33. The fraction of sp³-hybridized carbons (Fsp3) is 0.182. The van der Waals surface area contributed by atoms with Crippen LogP contribution < -0.4 is 19.5 Å². The van der Waals surface area contributed by atoms with Gasteiger partial charge in [0.1, 0.15) is 12.4 Å². The first kappa shape index (κ1) is 18.9. The first-order valence-corrected chi connectivity index (χ1v) is 8.99. The van der Waals surface area contributed by atoms with E-state index in [1.165, 1.54) is 0 Å². The first-order chi connectivity index (χ1) is 13.2. The van der Waals surface area contributed by atoms with Gasteiger partial charge in [-0.1, -0.05) is 41.9 Å². The molecule has 0 aliphatic heterocycles. The van der Waals surface area contributed by atoms with Gasteiger partial charge in [0.25, 0.3) is 0 Å². The minimum Gasteiger partial charge on any atom is -0.497 e. The van der Waals surface area contributed by atoms with Crippen LogP contribution in [0.15, 0.2) is 66.7 Å². The molecule has 3 aromatic rings. The average molecular weight is 384 g/mol. The van der Waals surface area contributed by atoms with Crippen LogP contribution in [0, 0.1) is 0 Å². The number of halogens is 1. The fourth-order valence-electron chi connectivity index (χ4n) is 2.70. The molecule has 0 saturated carbocycles. The zero-order chi connectivity index (χ0) is 19.1. The summed E-state index contributed by atoms with van der Waals surface area (Å²) in [5, 5.41) is 4.08. The quantitative estimate of drug-likeness (QED) is 0.553. The molecule has 3 aromatic carbocycles. The number of para-hydroxylation sites is 1. The number of nitrogens with one attached hydrogen (secondary N) is 1. The van der Waals surface area contributed by atoms with Crippen molar-refractivity contribution in [2.24, 2.45) is 0 Å². The fourth-order valence-corrected chi connectivity index (χ4v) is 2.89. The number of hydrogen-bond acceptors (Lipinski definition) is 4. The Labute approximate surface area is 164 Å². The largest absolute Gasteiger partial charge is 0.497 e. The van der Waals surface area contributed by atoms with Gasteiger partial charge in [-0.3, -0.25) is 0 Å². The second-order valence-electron chi connectivity index (χ2n) is 5.91. The summed E-state index contributed by atoms with van der Waals surface area (Å²) in [6.07, 6.45) is 0. The summed E-state index contributed by atoms with van der Waals surface area (Å²) < 4.78 is 16.8. The average Bonchev–Trinajstić information content (AvgIpc) is 2.72. The third kappa shape index (κ3) is 4.86. The number of methoxy groups -OCH3 is 2. The molecule has 0 amide bonds. The van der Waals surface area contributed by atoms with Gasteiger partial charge in [0.15, 0.2) is 11.5 Å². The van der Waals surface area contributed by atoms with Crippen molar-refractivity contribution in [2.75, 3.05) is 19.5 Å². The summed E-state index contributed by atoms with van der Waals surface area (Å²) in [5.41, 5.74) is 2.92. The van der Waals surface area contributed by atoms with Crippen LogP contribution in [-0.2, 0) is 13.2 Å². The third-order valence-electron chi connectivity index (χ3n) is 4.18. The molecule has 5 heteroatoms. The molecular weight excluding hydrogens is 362 g/mol. The highest BCUT2D eigenvalue weighted by atomic mass is 35.5. The van der Waals surface area contributed by atoms with E-state index in [0.717, 1.165) is 22.6 Å². The van der Waals surface area contributed by atoms with Crippen LogP contribution in [-0.4, -0.2) is 14.2 Å². The third-order valence-corrected chi connectivity index (χ3v) is 4.55. The number of benzene rings is 3. The number of ether oxygens (including phenoxy) is 3. The summed E-state index contributed by atoms with van der Waals surface area (Å²) in [6.45, 7) is 0.969. The summed E-state index contributed by atoms with van der Waals surface area (Å²) in [4.78, 5) is 0. The van der Waals surface area contributed by atoms with Crippen LogP contribution in [0.4, 0.5) is 5.69 Å². The van der Waals surface area contributed by atoms with Gasteiger partial charge in [0.05, 0.1) is 14.2 Å². The highest BCUT2D eigenvalue weighted by Gasteiger charge is 2.12. The Morgan fingerprint density at radius 3 is 2.26 bits per heavy atom. The van der Waals surface area contributed by atoms with Gasteiger partial charge >= 0.3 is 0 Å². The Kier molecular flexibility index (Phi) is 6.44. The molecule has 0 atom stereocenters. The lowest BCUT2D eigenvalue weighted by atomic mass is 10.1. The maximum Gasteiger partial charge on any atom is 0.166 e. The van der Waals surface area contributed by atoms with Gasteiger partial charge in [0, 0.05) is 28.4 Å². The van der Waals surface area contributed by atoms with E-state index in [2.05, 4.69) is 5.32 Å². The summed E-state index contributed by atoms with van der Waals surface area (Å²) in [5.74, 6) is 2.22. The van der Waals surface area contributed by atoms with Crippen molar-refractivity contribution in [1.29, 1.82) is 0 Å². The summed E-state index contributed by atoms with van der Waals surface area (Å²) >= 11 is 6.24. The van der Waals surface area contributed by atoms with E-state index in [-0.39, 0.29) is 0 Å². The van der Waals surface area contributed by atoms with Crippen molar-refractivity contribution in [3.8, 4) is 17.2 Å². The maximum atomic E-state index is 6.24. The van der Waals surface area contributed by atoms with Crippen molar-refractivity contribution < 1.29 is 14.2 Å². The second kappa shape index (κ2) is 9.19. The molecule has 4 nitrogen and oxygen atoms in total. The zero-order valence-corrected chi connectivity index (χ0v) is 16.1. The van der Waals surface area contributed by atoms with Gasteiger partial charge in [-0.05, 0) is 36.4 Å². The van der Waals surface area contributed by atoms with E-state index >= 15 is 0 Å². The number of rotatable bonds is 8. The molecule has 3 rings (SSSR count). The Morgan fingerprint density at radius 1 is 0.815 bits per heavy atom. The molecule has 0 saturated heterocycles. The Hall–Kier alpha value is -2.85.